The SMILES string of the molecule is COc1cc(OC)c(OC)cc1/C=C(/NC(=O)c1ccccc1)C(=O)Nc1cccc(SC(C)C(=O)Nc2ccccc2F)c1. The maximum absolute atomic E-state index is 14.0. The van der Waals surface area contributed by atoms with Crippen molar-refractivity contribution in [2.75, 3.05) is 32.0 Å². The van der Waals surface area contributed by atoms with E-state index >= 15 is 0 Å². The summed E-state index contributed by atoms with van der Waals surface area (Å²) in [5.41, 5.74) is 1.26. The van der Waals surface area contributed by atoms with Crippen LogP contribution in [-0.4, -0.2) is 44.3 Å². The number of nitrogens with one attached hydrogen (secondary N) is 3. The molecule has 0 aromatic heterocycles. The third-order valence-corrected chi connectivity index (χ3v) is 7.56. The number of carbonyl (C=O) groups excluding carboxylic acids is 3. The number of thioether (sulfide) groups is 1. The van der Waals surface area contributed by atoms with Crippen molar-refractivity contribution in [1.29, 1.82) is 0 Å². The highest BCUT2D eigenvalue weighted by molar-refractivity contribution is 8.00. The second-order valence-electron chi connectivity index (χ2n) is 9.54. The zero-order valence-electron chi connectivity index (χ0n) is 25.1. The lowest BCUT2D eigenvalue weighted by molar-refractivity contribution is -0.115. The van der Waals surface area contributed by atoms with Crippen LogP contribution in [0.1, 0.15) is 22.8 Å². The summed E-state index contributed by atoms with van der Waals surface area (Å²) in [6.45, 7) is 1.70. The molecule has 0 aliphatic heterocycles. The number of rotatable bonds is 12. The van der Waals surface area contributed by atoms with E-state index in [-0.39, 0.29) is 17.3 Å². The fourth-order valence-corrected chi connectivity index (χ4v) is 5.09. The van der Waals surface area contributed by atoms with Gasteiger partial charge in [0.25, 0.3) is 11.8 Å². The van der Waals surface area contributed by atoms with Gasteiger partial charge in [-0.25, -0.2) is 4.39 Å². The lowest BCUT2D eigenvalue weighted by Gasteiger charge is -2.15. The van der Waals surface area contributed by atoms with E-state index in [4.69, 9.17) is 14.2 Å². The van der Waals surface area contributed by atoms with Crippen LogP contribution in [0, 0.1) is 5.82 Å². The zero-order chi connectivity index (χ0) is 32.3. The third-order valence-electron chi connectivity index (χ3n) is 6.47. The van der Waals surface area contributed by atoms with Gasteiger partial charge in [-0.3, -0.25) is 14.4 Å². The molecule has 0 heterocycles. The summed E-state index contributed by atoms with van der Waals surface area (Å²) < 4.78 is 30.3. The Morgan fingerprint density at radius 2 is 1.44 bits per heavy atom. The van der Waals surface area contributed by atoms with E-state index in [1.807, 2.05) is 0 Å². The van der Waals surface area contributed by atoms with Crippen LogP contribution in [0.2, 0.25) is 0 Å². The van der Waals surface area contributed by atoms with E-state index in [0.717, 1.165) is 0 Å². The molecule has 0 saturated heterocycles. The minimum atomic E-state index is -0.608. The third kappa shape index (κ3) is 8.64. The molecule has 0 spiro atoms. The number of halogens is 1. The molecule has 0 fully saturated rings. The van der Waals surface area contributed by atoms with Crippen molar-refractivity contribution >= 4 is 46.9 Å². The Hall–Kier alpha value is -5.29. The molecule has 1 unspecified atom stereocenters. The molecule has 4 aromatic rings. The van der Waals surface area contributed by atoms with Crippen molar-refractivity contribution in [3.05, 3.63) is 114 Å². The van der Waals surface area contributed by atoms with Gasteiger partial charge in [0, 0.05) is 27.8 Å². The molecule has 232 valence electrons. The van der Waals surface area contributed by atoms with E-state index in [1.165, 1.54) is 51.3 Å². The molecule has 9 nitrogen and oxygen atoms in total. The Morgan fingerprint density at radius 1 is 0.778 bits per heavy atom. The second-order valence-corrected chi connectivity index (χ2v) is 11.0. The average Bonchev–Trinajstić information content (AvgIpc) is 3.05. The lowest BCUT2D eigenvalue weighted by atomic mass is 10.1. The Labute approximate surface area is 264 Å². The Bertz CT molecular complexity index is 1710. The van der Waals surface area contributed by atoms with Crippen molar-refractivity contribution in [3.63, 3.8) is 0 Å². The molecule has 0 saturated carbocycles. The van der Waals surface area contributed by atoms with Crippen molar-refractivity contribution in [3.8, 4) is 17.2 Å². The summed E-state index contributed by atoms with van der Waals surface area (Å²) >= 11 is 1.24. The molecular formula is C34H32FN3O6S. The standard InChI is InChI=1S/C34H32FN3O6S/c1-21(32(39)37-27-16-9-8-15-26(27)35)45-25-14-10-13-24(19-25)36-34(41)28(38-33(40)22-11-6-5-7-12-22)17-23-18-30(43-3)31(44-4)20-29(23)42-2/h5-21H,1-4H3,(H,36,41)(H,37,39)(H,38,40)/b28-17+. The van der Waals surface area contributed by atoms with Gasteiger partial charge < -0.3 is 30.2 Å². The highest BCUT2D eigenvalue weighted by Gasteiger charge is 2.19. The van der Waals surface area contributed by atoms with Crippen molar-refractivity contribution in [2.45, 2.75) is 17.1 Å². The zero-order valence-corrected chi connectivity index (χ0v) is 25.9. The van der Waals surface area contributed by atoms with Gasteiger partial charge in [0.2, 0.25) is 5.91 Å². The van der Waals surface area contributed by atoms with Gasteiger partial charge >= 0.3 is 0 Å². The van der Waals surface area contributed by atoms with Crippen molar-refractivity contribution < 1.29 is 33.0 Å². The molecule has 0 bridgehead atoms. The van der Waals surface area contributed by atoms with Crippen LogP contribution in [0.5, 0.6) is 17.2 Å². The number of para-hydroxylation sites is 1. The summed E-state index contributed by atoms with van der Waals surface area (Å²) in [6, 6.07) is 24.5. The normalized spacial score (nSPS) is 11.6. The van der Waals surface area contributed by atoms with Gasteiger partial charge in [0.1, 0.15) is 17.3 Å². The lowest BCUT2D eigenvalue weighted by Crippen LogP contribution is -2.30. The first-order valence-corrected chi connectivity index (χ1v) is 14.6. The molecule has 3 amide bonds. The van der Waals surface area contributed by atoms with Gasteiger partial charge in [-0.1, -0.05) is 36.4 Å². The molecule has 0 aliphatic rings. The van der Waals surface area contributed by atoms with Crippen LogP contribution < -0.4 is 30.2 Å². The number of hydrogen-bond acceptors (Lipinski definition) is 7. The van der Waals surface area contributed by atoms with Gasteiger partial charge in [0.05, 0.1) is 32.3 Å². The summed E-state index contributed by atoms with van der Waals surface area (Å²) in [5.74, 6) is -0.792. The number of benzene rings is 4. The fourth-order valence-electron chi connectivity index (χ4n) is 4.16. The number of hydrogen-bond donors (Lipinski definition) is 3. The Morgan fingerprint density at radius 3 is 2.13 bits per heavy atom. The Balaban J connectivity index is 1.58. The number of ether oxygens (including phenoxy) is 3. The van der Waals surface area contributed by atoms with Crippen molar-refractivity contribution in [2.24, 2.45) is 0 Å². The molecule has 0 aliphatic carbocycles. The van der Waals surface area contributed by atoms with Gasteiger partial charge in [-0.15, -0.1) is 11.8 Å². The molecule has 45 heavy (non-hydrogen) atoms. The monoisotopic (exact) mass is 629 g/mol. The molecule has 1 atom stereocenters. The van der Waals surface area contributed by atoms with Crippen LogP contribution in [0.3, 0.4) is 0 Å². The Kier molecular flexibility index (Phi) is 11.2. The molecule has 3 N–H and O–H groups in total. The first-order valence-electron chi connectivity index (χ1n) is 13.7. The van der Waals surface area contributed by atoms with E-state index in [2.05, 4.69) is 16.0 Å². The number of carbonyl (C=O) groups is 3. The quantitative estimate of drug-likeness (QED) is 0.123. The largest absolute Gasteiger partial charge is 0.496 e. The van der Waals surface area contributed by atoms with E-state index in [0.29, 0.717) is 39.0 Å². The smallest absolute Gasteiger partial charge is 0.272 e. The van der Waals surface area contributed by atoms with Gasteiger partial charge in [0.15, 0.2) is 11.5 Å². The highest BCUT2D eigenvalue weighted by atomic mass is 32.2. The van der Waals surface area contributed by atoms with Crippen LogP contribution in [0.25, 0.3) is 6.08 Å². The highest BCUT2D eigenvalue weighted by Crippen LogP contribution is 2.36. The molecular weight excluding hydrogens is 597 g/mol. The molecule has 11 heteroatoms. The maximum atomic E-state index is 14.0. The van der Waals surface area contributed by atoms with Crippen molar-refractivity contribution in [1.82, 2.24) is 5.32 Å². The summed E-state index contributed by atoms with van der Waals surface area (Å²) in [7, 11) is 4.45. The van der Waals surface area contributed by atoms with Crippen LogP contribution >= 0.6 is 11.8 Å². The first-order chi connectivity index (χ1) is 21.7. The molecule has 4 rings (SSSR count). The van der Waals surface area contributed by atoms with Crippen LogP contribution in [0.15, 0.2) is 102 Å². The summed E-state index contributed by atoms with van der Waals surface area (Å²) in [6.07, 6.45) is 1.48. The predicted octanol–water partition coefficient (Wildman–Crippen LogP) is 6.38. The fraction of sp³-hybridized carbons (Fsp3) is 0.147. The topological polar surface area (TPSA) is 115 Å². The predicted molar refractivity (Wildman–Crippen MR) is 173 cm³/mol. The molecule has 0 radical (unpaired) electrons. The average molecular weight is 630 g/mol. The first kappa shape index (κ1) is 32.6. The van der Waals surface area contributed by atoms with E-state index in [1.54, 1.807) is 85.8 Å². The van der Waals surface area contributed by atoms with Crippen LogP contribution in [-0.2, 0) is 9.59 Å². The minimum absolute atomic E-state index is 0.0648. The van der Waals surface area contributed by atoms with E-state index < -0.39 is 22.9 Å². The van der Waals surface area contributed by atoms with Gasteiger partial charge in [-0.05, 0) is 61.5 Å². The number of amides is 3. The molecule has 4 aromatic carbocycles. The van der Waals surface area contributed by atoms with E-state index in [9.17, 15) is 18.8 Å². The summed E-state index contributed by atoms with van der Waals surface area (Å²) in [5, 5.41) is 7.54. The van der Waals surface area contributed by atoms with Gasteiger partial charge in [-0.2, -0.15) is 0 Å². The second kappa shape index (κ2) is 15.4. The maximum Gasteiger partial charge on any atom is 0.272 e. The number of methoxy groups -OCH3 is 3. The summed E-state index contributed by atoms with van der Waals surface area (Å²) in [4.78, 5) is 40.1. The minimum Gasteiger partial charge on any atom is -0.496 e. The van der Waals surface area contributed by atoms with Crippen LogP contribution in [0.4, 0.5) is 15.8 Å². The number of anilines is 2.